The van der Waals surface area contributed by atoms with E-state index in [1.807, 2.05) is 24.3 Å². The Labute approximate surface area is 129 Å². The monoisotopic (exact) mass is 303 g/mol. The molecule has 110 valence electrons. The molecular weight excluding hydrogens is 286 g/mol. The van der Waals surface area contributed by atoms with E-state index in [0.29, 0.717) is 17.7 Å². The fourth-order valence-electron chi connectivity index (χ4n) is 2.41. The molecule has 3 rings (SSSR count). The van der Waals surface area contributed by atoms with Crippen molar-refractivity contribution in [2.24, 2.45) is 0 Å². The van der Waals surface area contributed by atoms with Crippen LogP contribution in [0.15, 0.2) is 48.5 Å². The molecule has 1 fully saturated rings. The van der Waals surface area contributed by atoms with Gasteiger partial charge in [-0.05, 0) is 23.8 Å². The van der Waals surface area contributed by atoms with E-state index in [1.165, 1.54) is 5.56 Å². The lowest BCUT2D eigenvalue weighted by molar-refractivity contribution is 0.224. The number of epoxide rings is 1. The molecule has 4 heteroatoms. The molecule has 0 saturated carbocycles. The van der Waals surface area contributed by atoms with Crippen LogP contribution in [0, 0.1) is 0 Å². The van der Waals surface area contributed by atoms with E-state index in [1.54, 1.807) is 12.1 Å². The van der Waals surface area contributed by atoms with Gasteiger partial charge >= 0.3 is 0 Å². The number of hydrogen-bond acceptors (Lipinski definition) is 3. The lowest BCUT2D eigenvalue weighted by Crippen LogP contribution is -2.27. The minimum Gasteiger partial charge on any atom is -0.508 e. The number of nitrogens with zero attached hydrogens (tertiary/aromatic N) is 1. The first-order valence-electron chi connectivity index (χ1n) is 7.06. The first-order chi connectivity index (χ1) is 10.2. The van der Waals surface area contributed by atoms with Crippen molar-refractivity contribution >= 4 is 11.6 Å². The van der Waals surface area contributed by atoms with Crippen LogP contribution in [-0.4, -0.2) is 29.3 Å². The summed E-state index contributed by atoms with van der Waals surface area (Å²) in [5, 5.41) is 10.6. The molecule has 1 aliphatic rings. The van der Waals surface area contributed by atoms with Gasteiger partial charge in [0.1, 0.15) is 5.75 Å². The SMILES string of the molecule is Oc1ccc(Cl)cc1CN(Cc1ccccc1)CC1CO1. The van der Waals surface area contributed by atoms with E-state index in [2.05, 4.69) is 17.0 Å². The van der Waals surface area contributed by atoms with Crippen LogP contribution >= 0.6 is 11.6 Å². The van der Waals surface area contributed by atoms with Gasteiger partial charge in [-0.25, -0.2) is 0 Å². The summed E-state index contributed by atoms with van der Waals surface area (Å²) in [6, 6.07) is 15.5. The summed E-state index contributed by atoms with van der Waals surface area (Å²) in [4.78, 5) is 2.28. The van der Waals surface area contributed by atoms with Crippen LogP contribution < -0.4 is 0 Å². The van der Waals surface area contributed by atoms with Crippen LogP contribution in [0.25, 0.3) is 0 Å². The number of benzene rings is 2. The van der Waals surface area contributed by atoms with Crippen molar-refractivity contribution in [3.05, 3.63) is 64.7 Å². The van der Waals surface area contributed by atoms with Crippen molar-refractivity contribution in [3.63, 3.8) is 0 Å². The van der Waals surface area contributed by atoms with E-state index < -0.39 is 0 Å². The van der Waals surface area contributed by atoms with Gasteiger partial charge in [0.05, 0.1) is 12.7 Å². The Hall–Kier alpha value is -1.55. The molecule has 0 radical (unpaired) electrons. The van der Waals surface area contributed by atoms with Crippen molar-refractivity contribution < 1.29 is 9.84 Å². The van der Waals surface area contributed by atoms with Crippen LogP contribution in [0.2, 0.25) is 5.02 Å². The molecule has 1 saturated heterocycles. The van der Waals surface area contributed by atoms with Crippen LogP contribution in [0.1, 0.15) is 11.1 Å². The summed E-state index contributed by atoms with van der Waals surface area (Å²) in [5.74, 6) is 0.286. The van der Waals surface area contributed by atoms with Gasteiger partial charge in [0.15, 0.2) is 0 Å². The summed E-state index contributed by atoms with van der Waals surface area (Å²) < 4.78 is 5.34. The maximum atomic E-state index is 9.98. The maximum absolute atomic E-state index is 9.98. The van der Waals surface area contributed by atoms with Crippen LogP contribution in [0.3, 0.4) is 0 Å². The van der Waals surface area contributed by atoms with Gasteiger partial charge in [0.25, 0.3) is 0 Å². The molecule has 2 aromatic rings. The first kappa shape index (κ1) is 14.4. The summed E-state index contributed by atoms with van der Waals surface area (Å²) >= 11 is 6.02. The van der Waals surface area contributed by atoms with Crippen LogP contribution in [0.5, 0.6) is 5.75 Å². The van der Waals surface area contributed by atoms with Gasteiger partial charge < -0.3 is 9.84 Å². The Morgan fingerprint density at radius 3 is 2.62 bits per heavy atom. The van der Waals surface area contributed by atoms with Gasteiger partial charge in [-0.2, -0.15) is 0 Å². The molecule has 1 unspecified atom stereocenters. The van der Waals surface area contributed by atoms with Crippen molar-refractivity contribution in [2.75, 3.05) is 13.2 Å². The number of aromatic hydroxyl groups is 1. The second-order valence-corrected chi connectivity index (χ2v) is 5.82. The van der Waals surface area contributed by atoms with E-state index in [0.717, 1.165) is 25.3 Å². The molecule has 1 N–H and O–H groups in total. The third kappa shape index (κ3) is 4.21. The van der Waals surface area contributed by atoms with Gasteiger partial charge in [0.2, 0.25) is 0 Å². The summed E-state index contributed by atoms with van der Waals surface area (Å²) in [5.41, 5.74) is 2.10. The molecule has 21 heavy (non-hydrogen) atoms. The predicted octanol–water partition coefficient (Wildman–Crippen LogP) is 3.45. The summed E-state index contributed by atoms with van der Waals surface area (Å²) in [7, 11) is 0. The number of halogens is 1. The highest BCUT2D eigenvalue weighted by Gasteiger charge is 2.26. The molecule has 0 amide bonds. The van der Waals surface area contributed by atoms with Crippen LogP contribution in [-0.2, 0) is 17.8 Å². The molecule has 3 nitrogen and oxygen atoms in total. The Balaban J connectivity index is 1.74. The molecule has 0 spiro atoms. The topological polar surface area (TPSA) is 36.0 Å². The third-order valence-electron chi connectivity index (χ3n) is 3.55. The fourth-order valence-corrected chi connectivity index (χ4v) is 2.60. The maximum Gasteiger partial charge on any atom is 0.120 e. The lowest BCUT2D eigenvalue weighted by atomic mass is 10.1. The number of rotatable bonds is 6. The van der Waals surface area contributed by atoms with Crippen LogP contribution in [0.4, 0.5) is 0 Å². The molecule has 0 aliphatic carbocycles. The number of phenolic OH excluding ortho intramolecular Hbond substituents is 1. The smallest absolute Gasteiger partial charge is 0.120 e. The Morgan fingerprint density at radius 2 is 1.90 bits per heavy atom. The zero-order valence-electron chi connectivity index (χ0n) is 11.7. The van der Waals surface area contributed by atoms with Crippen molar-refractivity contribution in [3.8, 4) is 5.75 Å². The molecule has 0 aromatic heterocycles. The highest BCUT2D eigenvalue weighted by atomic mass is 35.5. The normalized spacial score (nSPS) is 17.1. The number of hydrogen-bond donors (Lipinski definition) is 1. The van der Waals surface area contributed by atoms with E-state index in [9.17, 15) is 5.11 Å². The summed E-state index contributed by atoms with van der Waals surface area (Å²) in [6.07, 6.45) is 0.315. The predicted molar refractivity (Wildman–Crippen MR) is 83.4 cm³/mol. The number of ether oxygens (including phenoxy) is 1. The van der Waals surface area contributed by atoms with Gasteiger partial charge in [-0.1, -0.05) is 41.9 Å². The Morgan fingerprint density at radius 1 is 1.14 bits per heavy atom. The van der Waals surface area contributed by atoms with Gasteiger partial charge in [-0.3, -0.25) is 4.90 Å². The van der Waals surface area contributed by atoms with E-state index in [-0.39, 0.29) is 5.75 Å². The second-order valence-electron chi connectivity index (χ2n) is 5.38. The van der Waals surface area contributed by atoms with Gasteiger partial charge in [-0.15, -0.1) is 0 Å². The molecule has 1 aliphatic heterocycles. The minimum atomic E-state index is 0.286. The zero-order chi connectivity index (χ0) is 14.7. The molecule has 2 aromatic carbocycles. The average Bonchev–Trinajstić information content (AvgIpc) is 3.28. The summed E-state index contributed by atoms with van der Waals surface area (Å²) in [6.45, 7) is 3.17. The fraction of sp³-hybridized carbons (Fsp3) is 0.294. The largest absolute Gasteiger partial charge is 0.508 e. The van der Waals surface area contributed by atoms with Crippen molar-refractivity contribution in [1.29, 1.82) is 0 Å². The average molecular weight is 304 g/mol. The third-order valence-corrected chi connectivity index (χ3v) is 3.78. The Kier molecular flexibility index (Phi) is 4.44. The van der Waals surface area contributed by atoms with Crippen molar-refractivity contribution in [1.82, 2.24) is 4.90 Å². The second kappa shape index (κ2) is 6.48. The molecule has 1 heterocycles. The zero-order valence-corrected chi connectivity index (χ0v) is 12.5. The molecular formula is C17H18ClNO2. The highest BCUT2D eigenvalue weighted by molar-refractivity contribution is 6.30. The highest BCUT2D eigenvalue weighted by Crippen LogP contribution is 2.24. The van der Waals surface area contributed by atoms with Crippen molar-refractivity contribution in [2.45, 2.75) is 19.2 Å². The van der Waals surface area contributed by atoms with Gasteiger partial charge in [0, 0.05) is 30.2 Å². The minimum absolute atomic E-state index is 0.286. The van der Waals surface area contributed by atoms with E-state index in [4.69, 9.17) is 16.3 Å². The number of phenols is 1. The Bertz CT molecular complexity index is 599. The first-order valence-corrected chi connectivity index (χ1v) is 7.44. The molecule has 1 atom stereocenters. The lowest BCUT2D eigenvalue weighted by Gasteiger charge is -2.22. The quantitative estimate of drug-likeness (QED) is 0.830. The molecule has 0 bridgehead atoms. The standard InChI is InChI=1S/C17H18ClNO2/c18-15-6-7-17(20)14(8-15)10-19(11-16-12-21-16)9-13-4-2-1-3-5-13/h1-8,16,20H,9-12H2. The van der Waals surface area contributed by atoms with E-state index >= 15 is 0 Å².